The molecule has 0 bridgehead atoms. The van der Waals surface area contributed by atoms with E-state index in [4.69, 9.17) is 0 Å². The monoisotopic (exact) mass is 301 g/mol. The fourth-order valence-corrected chi connectivity index (χ4v) is 2.98. The Hall–Kier alpha value is -2.34. The van der Waals surface area contributed by atoms with Gasteiger partial charge in [-0.25, -0.2) is 0 Å². The first kappa shape index (κ1) is 14.6. The average molecular weight is 301 g/mol. The normalized spacial score (nSPS) is 27.4. The maximum atomic E-state index is 12.3. The van der Waals surface area contributed by atoms with E-state index in [0.29, 0.717) is 12.2 Å². The average Bonchev–Trinajstić information content (AvgIpc) is 2.83. The molecule has 1 saturated heterocycles. The van der Waals surface area contributed by atoms with Crippen LogP contribution in [0.3, 0.4) is 0 Å². The van der Waals surface area contributed by atoms with Crippen molar-refractivity contribution in [2.75, 3.05) is 11.9 Å². The van der Waals surface area contributed by atoms with Crippen LogP contribution in [0.15, 0.2) is 35.6 Å². The summed E-state index contributed by atoms with van der Waals surface area (Å²) in [5.74, 6) is -1.50. The molecular weight excluding hydrogens is 282 g/mol. The second-order valence-corrected chi connectivity index (χ2v) is 5.88. The zero-order chi connectivity index (χ0) is 15.9. The van der Waals surface area contributed by atoms with Gasteiger partial charge in [-0.3, -0.25) is 9.59 Å². The van der Waals surface area contributed by atoms with Crippen molar-refractivity contribution in [1.29, 1.82) is 0 Å². The smallest absolute Gasteiger partial charge is 0.264 e. The van der Waals surface area contributed by atoms with Crippen molar-refractivity contribution < 1.29 is 14.7 Å². The SMILES string of the molecule is Cc1ccc(NC(=O)C2=C(O)[C@H]3CNC(C)[C@@H]3NC2=O)cc1. The van der Waals surface area contributed by atoms with Gasteiger partial charge in [-0.2, -0.15) is 0 Å². The fraction of sp³-hybridized carbons (Fsp3) is 0.375. The lowest BCUT2D eigenvalue weighted by Crippen LogP contribution is -2.51. The lowest BCUT2D eigenvalue weighted by Gasteiger charge is -2.29. The Labute approximate surface area is 128 Å². The molecule has 6 heteroatoms. The molecule has 3 rings (SSSR count). The van der Waals surface area contributed by atoms with Crippen molar-refractivity contribution in [1.82, 2.24) is 10.6 Å². The van der Waals surface area contributed by atoms with Gasteiger partial charge in [0.05, 0.1) is 12.0 Å². The van der Waals surface area contributed by atoms with Crippen LogP contribution < -0.4 is 16.0 Å². The van der Waals surface area contributed by atoms with Crippen molar-refractivity contribution in [3.8, 4) is 0 Å². The fourth-order valence-electron chi connectivity index (χ4n) is 2.98. The Bertz CT molecular complexity index is 651. The van der Waals surface area contributed by atoms with Gasteiger partial charge >= 0.3 is 0 Å². The minimum absolute atomic E-state index is 0.0674. The molecule has 2 aliphatic rings. The molecule has 0 spiro atoms. The number of aliphatic hydroxyl groups is 1. The molecule has 2 heterocycles. The van der Waals surface area contributed by atoms with Crippen molar-refractivity contribution in [2.45, 2.75) is 25.9 Å². The molecule has 6 nitrogen and oxygen atoms in total. The first-order valence-corrected chi connectivity index (χ1v) is 7.33. The molecule has 0 radical (unpaired) electrons. The van der Waals surface area contributed by atoms with E-state index >= 15 is 0 Å². The highest BCUT2D eigenvalue weighted by molar-refractivity contribution is 6.23. The van der Waals surface area contributed by atoms with Gasteiger partial charge in [-0.1, -0.05) is 17.7 Å². The second kappa shape index (κ2) is 5.46. The number of anilines is 1. The first-order chi connectivity index (χ1) is 10.5. The molecule has 4 N–H and O–H groups in total. The molecule has 1 aromatic rings. The van der Waals surface area contributed by atoms with Crippen molar-refractivity contribution >= 4 is 17.5 Å². The van der Waals surface area contributed by atoms with E-state index in [2.05, 4.69) is 16.0 Å². The molecule has 1 aromatic carbocycles. The van der Waals surface area contributed by atoms with Crippen LogP contribution in [-0.4, -0.2) is 35.5 Å². The van der Waals surface area contributed by atoms with E-state index < -0.39 is 11.8 Å². The van der Waals surface area contributed by atoms with Gasteiger partial charge in [0.1, 0.15) is 11.3 Å². The van der Waals surface area contributed by atoms with Gasteiger partial charge in [0.15, 0.2) is 0 Å². The molecule has 0 aliphatic carbocycles. The molecule has 22 heavy (non-hydrogen) atoms. The van der Waals surface area contributed by atoms with Crippen LogP contribution >= 0.6 is 0 Å². The summed E-state index contributed by atoms with van der Waals surface area (Å²) in [5, 5.41) is 19.0. The van der Waals surface area contributed by atoms with Gasteiger partial charge in [0.2, 0.25) is 0 Å². The summed E-state index contributed by atoms with van der Waals surface area (Å²) >= 11 is 0. The zero-order valence-corrected chi connectivity index (χ0v) is 12.5. The summed E-state index contributed by atoms with van der Waals surface area (Å²) < 4.78 is 0. The Kier molecular flexibility index (Phi) is 3.62. The Morgan fingerprint density at radius 2 is 2.00 bits per heavy atom. The van der Waals surface area contributed by atoms with Crippen molar-refractivity contribution in [3.05, 3.63) is 41.2 Å². The topological polar surface area (TPSA) is 90.5 Å². The highest BCUT2D eigenvalue weighted by Crippen LogP contribution is 2.28. The first-order valence-electron chi connectivity index (χ1n) is 7.33. The standard InChI is InChI=1S/C16H19N3O3/c1-8-3-5-10(6-4-8)18-15(21)12-14(20)11-7-17-9(2)13(11)19-16(12)22/h3-6,9,11,13,17,20H,7H2,1-2H3,(H,18,21)(H,19,22)/t9?,11-,13-/m0/s1. The number of benzene rings is 1. The van der Waals surface area contributed by atoms with Gasteiger partial charge in [-0.15, -0.1) is 0 Å². The summed E-state index contributed by atoms with van der Waals surface area (Å²) in [7, 11) is 0. The number of carbonyl (C=O) groups excluding carboxylic acids is 2. The van der Waals surface area contributed by atoms with Gasteiger partial charge < -0.3 is 21.1 Å². The third-order valence-electron chi connectivity index (χ3n) is 4.30. The molecule has 1 fully saturated rings. The van der Waals surface area contributed by atoms with Crippen molar-refractivity contribution in [3.63, 3.8) is 0 Å². The van der Waals surface area contributed by atoms with Crippen molar-refractivity contribution in [2.24, 2.45) is 5.92 Å². The summed E-state index contributed by atoms with van der Waals surface area (Å²) in [6.07, 6.45) is 0. The lowest BCUT2D eigenvalue weighted by molar-refractivity contribution is -0.123. The zero-order valence-electron chi connectivity index (χ0n) is 12.5. The highest BCUT2D eigenvalue weighted by Gasteiger charge is 2.44. The highest BCUT2D eigenvalue weighted by atomic mass is 16.3. The van der Waals surface area contributed by atoms with E-state index in [1.165, 1.54) is 0 Å². The molecule has 2 amide bonds. The number of carbonyl (C=O) groups is 2. The number of nitrogens with one attached hydrogen (secondary N) is 3. The van der Waals surface area contributed by atoms with Crippen LogP contribution in [0, 0.1) is 12.8 Å². The van der Waals surface area contributed by atoms with E-state index in [-0.39, 0.29) is 29.3 Å². The Balaban J connectivity index is 1.84. The molecular formula is C16H19N3O3. The molecule has 116 valence electrons. The summed E-state index contributed by atoms with van der Waals surface area (Å²) in [5.41, 5.74) is 1.46. The molecule has 3 atom stereocenters. The number of amides is 2. The van der Waals surface area contributed by atoms with Gasteiger partial charge in [0.25, 0.3) is 11.8 Å². The third-order valence-corrected chi connectivity index (χ3v) is 4.30. The number of aliphatic hydroxyl groups excluding tert-OH is 1. The van der Waals surface area contributed by atoms with E-state index in [1.54, 1.807) is 12.1 Å². The minimum Gasteiger partial charge on any atom is -0.511 e. The van der Waals surface area contributed by atoms with Crippen LogP contribution in [0.5, 0.6) is 0 Å². The third kappa shape index (κ3) is 2.46. The molecule has 1 unspecified atom stereocenters. The maximum Gasteiger partial charge on any atom is 0.264 e. The van der Waals surface area contributed by atoms with E-state index in [9.17, 15) is 14.7 Å². The Morgan fingerprint density at radius 3 is 2.68 bits per heavy atom. The number of rotatable bonds is 2. The quantitative estimate of drug-likeness (QED) is 0.610. The van der Waals surface area contributed by atoms with Crippen LogP contribution in [0.25, 0.3) is 0 Å². The predicted molar refractivity (Wildman–Crippen MR) is 82.3 cm³/mol. The van der Waals surface area contributed by atoms with Crippen LogP contribution in [-0.2, 0) is 9.59 Å². The van der Waals surface area contributed by atoms with Crippen LogP contribution in [0.4, 0.5) is 5.69 Å². The van der Waals surface area contributed by atoms with Crippen LogP contribution in [0.1, 0.15) is 12.5 Å². The van der Waals surface area contributed by atoms with Gasteiger partial charge in [-0.05, 0) is 26.0 Å². The number of aryl methyl sites for hydroxylation is 1. The molecule has 2 aliphatic heterocycles. The molecule has 0 saturated carbocycles. The minimum atomic E-state index is -0.586. The summed E-state index contributed by atoms with van der Waals surface area (Å²) in [6, 6.07) is 7.13. The number of hydrogen-bond donors (Lipinski definition) is 4. The van der Waals surface area contributed by atoms with E-state index in [1.807, 2.05) is 26.0 Å². The predicted octanol–water partition coefficient (Wildman–Crippen LogP) is 0.852. The van der Waals surface area contributed by atoms with E-state index in [0.717, 1.165) is 5.56 Å². The van der Waals surface area contributed by atoms with Gasteiger partial charge in [0, 0.05) is 18.3 Å². The summed E-state index contributed by atoms with van der Waals surface area (Å²) in [4.78, 5) is 24.5. The Morgan fingerprint density at radius 1 is 1.32 bits per heavy atom. The lowest BCUT2D eigenvalue weighted by atomic mass is 9.90. The maximum absolute atomic E-state index is 12.3. The number of fused-ring (bicyclic) bond motifs is 1. The van der Waals surface area contributed by atoms with Crippen LogP contribution in [0.2, 0.25) is 0 Å². The number of hydrogen-bond acceptors (Lipinski definition) is 4. The molecule has 0 aromatic heterocycles. The summed E-state index contributed by atoms with van der Waals surface area (Å²) in [6.45, 7) is 4.43. The largest absolute Gasteiger partial charge is 0.511 e. The second-order valence-electron chi connectivity index (χ2n) is 5.88.